The highest BCUT2D eigenvalue weighted by atomic mass is 32.1. The van der Waals surface area contributed by atoms with Gasteiger partial charge in [0, 0.05) is 10.9 Å². The lowest BCUT2D eigenvalue weighted by Crippen LogP contribution is -2.30. The van der Waals surface area contributed by atoms with E-state index in [9.17, 15) is 4.79 Å². The summed E-state index contributed by atoms with van der Waals surface area (Å²) in [7, 11) is 0. The van der Waals surface area contributed by atoms with Crippen molar-refractivity contribution in [1.82, 2.24) is 14.5 Å². The van der Waals surface area contributed by atoms with Crippen LogP contribution in [0.1, 0.15) is 29.6 Å². The largest absolute Gasteiger partial charge is 0.288 e. The summed E-state index contributed by atoms with van der Waals surface area (Å²) in [6.07, 6.45) is 2.26. The highest BCUT2D eigenvalue weighted by molar-refractivity contribution is 7.10. The van der Waals surface area contributed by atoms with Gasteiger partial charge in [0.2, 0.25) is 0 Å². The molecule has 1 aliphatic heterocycles. The summed E-state index contributed by atoms with van der Waals surface area (Å²) in [4.78, 5) is 21.2. The predicted molar refractivity (Wildman–Crippen MR) is 98.3 cm³/mol. The Balaban J connectivity index is 1.74. The summed E-state index contributed by atoms with van der Waals surface area (Å²) >= 11 is 1.77. The molecule has 0 aliphatic carbocycles. The molecule has 3 heterocycles. The fraction of sp³-hybridized carbons (Fsp3) is 0.316. The van der Waals surface area contributed by atoms with E-state index in [4.69, 9.17) is 10.2 Å². The van der Waals surface area contributed by atoms with E-state index in [0.29, 0.717) is 29.3 Å². The second-order valence-corrected chi connectivity index (χ2v) is 7.22. The summed E-state index contributed by atoms with van der Waals surface area (Å²) in [5.74, 6) is 0.675. The quantitative estimate of drug-likeness (QED) is 0.724. The lowest BCUT2D eigenvalue weighted by atomic mass is 10.2. The molecular formula is C19H18N4OS. The van der Waals surface area contributed by atoms with Crippen LogP contribution in [0.4, 0.5) is 0 Å². The van der Waals surface area contributed by atoms with Gasteiger partial charge in [0.05, 0.1) is 23.5 Å². The lowest BCUT2D eigenvalue weighted by Gasteiger charge is -2.24. The highest BCUT2D eigenvalue weighted by Crippen LogP contribution is 2.35. The Morgan fingerprint density at radius 2 is 2.16 bits per heavy atom. The van der Waals surface area contributed by atoms with E-state index < -0.39 is 0 Å². The van der Waals surface area contributed by atoms with Crippen molar-refractivity contribution in [3.8, 4) is 6.07 Å². The average Bonchev–Trinajstić information content (AvgIpc) is 3.29. The summed E-state index contributed by atoms with van der Waals surface area (Å²) in [5.41, 5.74) is 0.567. The van der Waals surface area contributed by atoms with E-state index in [2.05, 4.69) is 28.5 Å². The van der Waals surface area contributed by atoms with Crippen LogP contribution in [-0.2, 0) is 13.1 Å². The van der Waals surface area contributed by atoms with Crippen molar-refractivity contribution in [2.75, 3.05) is 6.54 Å². The number of fused-ring (bicyclic) bond motifs is 1. The minimum absolute atomic E-state index is 0.0313. The summed E-state index contributed by atoms with van der Waals surface area (Å²) in [5, 5.41) is 11.8. The zero-order valence-electron chi connectivity index (χ0n) is 13.8. The number of benzene rings is 1. The van der Waals surface area contributed by atoms with Crippen molar-refractivity contribution >= 4 is 22.2 Å². The van der Waals surface area contributed by atoms with Gasteiger partial charge in [-0.05, 0) is 43.0 Å². The summed E-state index contributed by atoms with van der Waals surface area (Å²) < 4.78 is 1.52. The maximum atomic E-state index is 12.8. The fourth-order valence-electron chi connectivity index (χ4n) is 3.57. The van der Waals surface area contributed by atoms with E-state index in [1.165, 1.54) is 9.44 Å². The number of nitriles is 1. The predicted octanol–water partition coefficient (Wildman–Crippen LogP) is 3.32. The third-order valence-electron chi connectivity index (χ3n) is 4.75. The normalized spacial score (nSPS) is 17.8. The van der Waals surface area contributed by atoms with E-state index in [0.717, 1.165) is 19.4 Å². The molecule has 2 aromatic heterocycles. The van der Waals surface area contributed by atoms with Gasteiger partial charge in [0.25, 0.3) is 5.56 Å². The molecule has 126 valence electrons. The van der Waals surface area contributed by atoms with E-state index in [-0.39, 0.29) is 12.1 Å². The molecule has 6 heteroatoms. The average molecular weight is 350 g/mol. The number of thiophene rings is 1. The first-order valence-electron chi connectivity index (χ1n) is 8.41. The molecule has 1 atom stereocenters. The fourth-order valence-corrected chi connectivity index (χ4v) is 4.46. The molecule has 1 aliphatic rings. The van der Waals surface area contributed by atoms with Crippen LogP contribution in [0.15, 0.2) is 46.6 Å². The van der Waals surface area contributed by atoms with E-state index >= 15 is 0 Å². The molecule has 4 rings (SSSR count). The van der Waals surface area contributed by atoms with Gasteiger partial charge in [0.1, 0.15) is 12.4 Å². The Morgan fingerprint density at radius 3 is 2.96 bits per heavy atom. The number of aromatic nitrogens is 2. The second-order valence-electron chi connectivity index (χ2n) is 6.24. The SMILES string of the molecule is N#CCn1c(CN2CCCC2c2cccs2)nc2ccccc2c1=O. The Labute approximate surface area is 149 Å². The zero-order valence-corrected chi connectivity index (χ0v) is 14.6. The minimum Gasteiger partial charge on any atom is -0.288 e. The van der Waals surface area contributed by atoms with Crippen LogP contribution in [0, 0.1) is 11.3 Å². The minimum atomic E-state index is -0.131. The smallest absolute Gasteiger partial charge is 0.262 e. The van der Waals surface area contributed by atoms with Crippen LogP contribution in [0.2, 0.25) is 0 Å². The number of nitrogens with zero attached hydrogens (tertiary/aromatic N) is 4. The lowest BCUT2D eigenvalue weighted by molar-refractivity contribution is 0.241. The first-order valence-corrected chi connectivity index (χ1v) is 9.29. The molecule has 5 nitrogen and oxygen atoms in total. The summed E-state index contributed by atoms with van der Waals surface area (Å²) in [6, 6.07) is 14.1. The van der Waals surface area contributed by atoms with Gasteiger partial charge in [-0.3, -0.25) is 14.3 Å². The summed E-state index contributed by atoms with van der Waals surface area (Å²) in [6.45, 7) is 1.60. The van der Waals surface area contributed by atoms with Crippen LogP contribution in [0.5, 0.6) is 0 Å². The van der Waals surface area contributed by atoms with Gasteiger partial charge in [-0.25, -0.2) is 4.98 Å². The molecule has 1 aromatic carbocycles. The van der Waals surface area contributed by atoms with Gasteiger partial charge in [-0.15, -0.1) is 11.3 Å². The van der Waals surface area contributed by atoms with E-state index in [1.54, 1.807) is 17.4 Å². The third-order valence-corrected chi connectivity index (χ3v) is 5.72. The standard InChI is InChI=1S/C19H18N4OS/c20-9-11-23-18(21-15-6-2-1-5-14(15)19(23)24)13-22-10-3-7-16(22)17-8-4-12-25-17/h1-2,4-6,8,12,16H,3,7,10-11,13H2. The second kappa shape index (κ2) is 6.79. The van der Waals surface area contributed by atoms with Crippen molar-refractivity contribution in [2.45, 2.75) is 32.0 Å². The molecular weight excluding hydrogens is 332 g/mol. The number of likely N-dealkylation sites (tertiary alicyclic amines) is 1. The number of rotatable bonds is 4. The molecule has 0 radical (unpaired) electrons. The molecule has 3 aromatic rings. The molecule has 25 heavy (non-hydrogen) atoms. The van der Waals surface area contributed by atoms with Crippen LogP contribution >= 0.6 is 11.3 Å². The molecule has 0 spiro atoms. The van der Waals surface area contributed by atoms with Crippen molar-refractivity contribution in [3.63, 3.8) is 0 Å². The highest BCUT2D eigenvalue weighted by Gasteiger charge is 2.28. The molecule has 0 amide bonds. The number of para-hydroxylation sites is 1. The van der Waals surface area contributed by atoms with Gasteiger partial charge >= 0.3 is 0 Å². The van der Waals surface area contributed by atoms with Crippen LogP contribution < -0.4 is 5.56 Å². The number of hydrogen-bond donors (Lipinski definition) is 0. The van der Waals surface area contributed by atoms with E-state index in [1.807, 2.05) is 18.2 Å². The van der Waals surface area contributed by atoms with Gasteiger partial charge in [0.15, 0.2) is 0 Å². The van der Waals surface area contributed by atoms with Crippen molar-refractivity contribution < 1.29 is 0 Å². The molecule has 0 N–H and O–H groups in total. The maximum absolute atomic E-state index is 12.8. The Hall–Kier alpha value is -2.49. The Bertz CT molecular complexity index is 987. The first-order chi connectivity index (χ1) is 12.3. The van der Waals surface area contributed by atoms with Crippen molar-refractivity contribution in [3.05, 3.63) is 62.8 Å². The van der Waals surface area contributed by atoms with Gasteiger partial charge in [-0.1, -0.05) is 18.2 Å². The van der Waals surface area contributed by atoms with Crippen molar-refractivity contribution in [1.29, 1.82) is 5.26 Å². The van der Waals surface area contributed by atoms with Gasteiger partial charge < -0.3 is 0 Å². The third kappa shape index (κ3) is 2.97. The monoisotopic (exact) mass is 350 g/mol. The van der Waals surface area contributed by atoms with Crippen LogP contribution in [0.25, 0.3) is 10.9 Å². The van der Waals surface area contributed by atoms with Crippen LogP contribution in [0.3, 0.4) is 0 Å². The number of hydrogen-bond acceptors (Lipinski definition) is 5. The molecule has 0 bridgehead atoms. The van der Waals surface area contributed by atoms with Crippen molar-refractivity contribution in [2.24, 2.45) is 0 Å². The van der Waals surface area contributed by atoms with Gasteiger partial charge in [-0.2, -0.15) is 5.26 Å². The molecule has 1 saturated heterocycles. The Morgan fingerprint density at radius 1 is 1.28 bits per heavy atom. The van der Waals surface area contributed by atoms with Crippen LogP contribution in [-0.4, -0.2) is 21.0 Å². The molecule has 1 unspecified atom stereocenters. The Kier molecular flexibility index (Phi) is 4.35. The topological polar surface area (TPSA) is 61.9 Å². The molecule has 1 fully saturated rings. The zero-order chi connectivity index (χ0) is 17.2. The maximum Gasteiger partial charge on any atom is 0.262 e. The first kappa shape index (κ1) is 16.0. The molecule has 0 saturated carbocycles.